The van der Waals surface area contributed by atoms with Crippen molar-refractivity contribution in [1.29, 1.82) is 0 Å². The summed E-state index contributed by atoms with van der Waals surface area (Å²) in [6, 6.07) is 5.93. The van der Waals surface area contributed by atoms with Crippen LogP contribution in [-0.4, -0.2) is 10.2 Å². The second-order valence-electron chi connectivity index (χ2n) is 4.08. The second-order valence-corrected chi connectivity index (χ2v) is 5.81. The zero-order chi connectivity index (χ0) is 14.3. The normalized spacial score (nSPS) is 10.9. The van der Waals surface area contributed by atoms with Crippen LogP contribution in [0.15, 0.2) is 29.6 Å². The van der Waals surface area contributed by atoms with Crippen molar-refractivity contribution in [2.75, 3.05) is 5.73 Å². The fraction of sp³-hybridized carbons (Fsp3) is 0. The molecule has 0 amide bonds. The Morgan fingerprint density at radius 2 is 2.00 bits per heavy atom. The third kappa shape index (κ3) is 2.18. The van der Waals surface area contributed by atoms with Crippen LogP contribution in [0, 0.1) is 5.82 Å². The van der Waals surface area contributed by atoms with Crippen molar-refractivity contribution in [3.05, 3.63) is 45.5 Å². The average molecular weight is 328 g/mol. The van der Waals surface area contributed by atoms with E-state index >= 15 is 0 Å². The van der Waals surface area contributed by atoms with Crippen LogP contribution in [-0.2, 0) is 0 Å². The molecule has 20 heavy (non-hydrogen) atoms. The minimum Gasteiger partial charge on any atom is -0.382 e. The summed E-state index contributed by atoms with van der Waals surface area (Å²) in [6.07, 6.45) is 0. The van der Waals surface area contributed by atoms with E-state index in [9.17, 15) is 4.39 Å². The van der Waals surface area contributed by atoms with E-state index in [1.54, 1.807) is 12.1 Å². The number of thiophene rings is 1. The lowest BCUT2D eigenvalue weighted by atomic mass is 10.0. The van der Waals surface area contributed by atoms with Gasteiger partial charge in [-0.3, -0.25) is 5.10 Å². The molecule has 2 heterocycles. The number of aromatic nitrogens is 2. The standard InChI is InChI=1S/C13H8Cl2FN3S/c14-8-3-4-20-12(8)11-10(13(17)19-18-11)7-2-1-6(16)5-9(7)15/h1-5H,(H3,17,18,19). The molecule has 0 saturated heterocycles. The number of anilines is 1. The highest BCUT2D eigenvalue weighted by Gasteiger charge is 2.19. The predicted octanol–water partition coefficient (Wildman–Crippen LogP) is 4.83. The van der Waals surface area contributed by atoms with Crippen LogP contribution in [0.25, 0.3) is 21.7 Å². The van der Waals surface area contributed by atoms with Gasteiger partial charge in [-0.05, 0) is 29.6 Å². The molecule has 3 rings (SSSR count). The van der Waals surface area contributed by atoms with E-state index in [-0.39, 0.29) is 10.8 Å². The Hall–Kier alpha value is -1.56. The van der Waals surface area contributed by atoms with Gasteiger partial charge in [0.1, 0.15) is 5.82 Å². The highest BCUT2D eigenvalue weighted by Crippen LogP contribution is 2.42. The molecule has 0 bridgehead atoms. The third-order valence-corrected chi connectivity index (χ3v) is 4.51. The number of hydrogen-bond donors (Lipinski definition) is 2. The molecule has 0 aliphatic rings. The molecule has 0 saturated carbocycles. The number of halogens is 3. The second kappa shape index (κ2) is 5.09. The summed E-state index contributed by atoms with van der Waals surface area (Å²) in [7, 11) is 0. The van der Waals surface area contributed by atoms with Crippen LogP contribution in [0.4, 0.5) is 10.2 Å². The smallest absolute Gasteiger partial charge is 0.153 e. The van der Waals surface area contributed by atoms with E-state index in [0.29, 0.717) is 21.8 Å². The maximum absolute atomic E-state index is 13.2. The van der Waals surface area contributed by atoms with Crippen molar-refractivity contribution < 1.29 is 4.39 Å². The fourth-order valence-electron chi connectivity index (χ4n) is 1.96. The number of hydrogen-bond acceptors (Lipinski definition) is 3. The van der Waals surface area contributed by atoms with Gasteiger partial charge in [0.15, 0.2) is 5.82 Å². The van der Waals surface area contributed by atoms with Crippen LogP contribution >= 0.6 is 34.5 Å². The van der Waals surface area contributed by atoms with E-state index in [4.69, 9.17) is 28.9 Å². The van der Waals surface area contributed by atoms with Crippen LogP contribution in [0.1, 0.15) is 0 Å². The van der Waals surface area contributed by atoms with Gasteiger partial charge < -0.3 is 5.73 Å². The van der Waals surface area contributed by atoms with Gasteiger partial charge in [-0.1, -0.05) is 23.2 Å². The number of nitrogens with zero attached hydrogens (tertiary/aromatic N) is 1. The van der Waals surface area contributed by atoms with Gasteiger partial charge in [-0.25, -0.2) is 4.39 Å². The third-order valence-electron chi connectivity index (χ3n) is 2.84. The highest BCUT2D eigenvalue weighted by atomic mass is 35.5. The molecular weight excluding hydrogens is 320 g/mol. The molecule has 102 valence electrons. The quantitative estimate of drug-likeness (QED) is 0.708. The fourth-order valence-corrected chi connectivity index (χ4v) is 3.37. The van der Waals surface area contributed by atoms with Gasteiger partial charge >= 0.3 is 0 Å². The van der Waals surface area contributed by atoms with E-state index in [2.05, 4.69) is 10.2 Å². The van der Waals surface area contributed by atoms with Gasteiger partial charge in [-0.2, -0.15) is 5.10 Å². The molecule has 0 radical (unpaired) electrons. The number of nitrogens with two attached hydrogens (primary N) is 1. The monoisotopic (exact) mass is 327 g/mol. The number of aromatic amines is 1. The van der Waals surface area contributed by atoms with E-state index < -0.39 is 5.82 Å². The Kier molecular flexibility index (Phi) is 3.41. The van der Waals surface area contributed by atoms with Gasteiger partial charge in [0.2, 0.25) is 0 Å². The molecule has 7 heteroatoms. The summed E-state index contributed by atoms with van der Waals surface area (Å²) < 4.78 is 13.2. The first-order chi connectivity index (χ1) is 9.58. The summed E-state index contributed by atoms with van der Waals surface area (Å²) in [4.78, 5) is 0.811. The van der Waals surface area contributed by atoms with E-state index in [1.807, 2.05) is 5.38 Å². The Morgan fingerprint density at radius 1 is 1.20 bits per heavy atom. The lowest BCUT2D eigenvalue weighted by molar-refractivity contribution is 0.628. The summed E-state index contributed by atoms with van der Waals surface area (Å²) in [5.74, 6) is -0.116. The number of nitrogens with one attached hydrogen (secondary N) is 1. The molecule has 1 aromatic carbocycles. The maximum Gasteiger partial charge on any atom is 0.153 e. The summed E-state index contributed by atoms with van der Waals surface area (Å²) in [6.45, 7) is 0. The van der Waals surface area contributed by atoms with Crippen LogP contribution in [0.5, 0.6) is 0 Å². The van der Waals surface area contributed by atoms with Gasteiger partial charge in [0.05, 0.1) is 26.2 Å². The van der Waals surface area contributed by atoms with Crippen LogP contribution < -0.4 is 5.73 Å². The highest BCUT2D eigenvalue weighted by molar-refractivity contribution is 7.14. The summed E-state index contributed by atoms with van der Waals surface area (Å²) in [5, 5.41) is 9.59. The number of benzene rings is 1. The predicted molar refractivity (Wildman–Crippen MR) is 81.7 cm³/mol. The van der Waals surface area contributed by atoms with Crippen molar-refractivity contribution in [3.63, 3.8) is 0 Å². The minimum absolute atomic E-state index is 0.270. The summed E-state index contributed by atoms with van der Waals surface area (Å²) >= 11 is 13.7. The molecule has 0 aliphatic heterocycles. The molecule has 3 N–H and O–H groups in total. The van der Waals surface area contributed by atoms with Gasteiger partial charge in [0, 0.05) is 5.56 Å². The van der Waals surface area contributed by atoms with E-state index in [1.165, 1.54) is 23.5 Å². The molecular formula is C13H8Cl2FN3S. The van der Waals surface area contributed by atoms with Crippen LogP contribution in [0.2, 0.25) is 10.0 Å². The largest absolute Gasteiger partial charge is 0.382 e. The average Bonchev–Trinajstić information content (AvgIpc) is 2.96. The molecule has 0 spiro atoms. The van der Waals surface area contributed by atoms with E-state index in [0.717, 1.165) is 4.88 Å². The SMILES string of the molecule is Nc1n[nH]c(-c2sccc2Cl)c1-c1ccc(F)cc1Cl. The number of rotatable bonds is 2. The molecule has 2 aromatic heterocycles. The maximum atomic E-state index is 13.2. The molecule has 0 fully saturated rings. The Morgan fingerprint density at radius 3 is 2.65 bits per heavy atom. The summed E-state index contributed by atoms with van der Waals surface area (Å²) in [5.41, 5.74) is 7.81. The van der Waals surface area contributed by atoms with Crippen LogP contribution in [0.3, 0.4) is 0 Å². The lowest BCUT2D eigenvalue weighted by Crippen LogP contribution is -1.90. The van der Waals surface area contributed by atoms with Gasteiger partial charge in [0.25, 0.3) is 0 Å². The zero-order valence-corrected chi connectivity index (χ0v) is 12.3. The van der Waals surface area contributed by atoms with Crippen molar-refractivity contribution >= 4 is 40.4 Å². The Labute approximate surface area is 128 Å². The zero-order valence-electron chi connectivity index (χ0n) is 9.95. The molecule has 0 unspecified atom stereocenters. The van der Waals surface area contributed by atoms with Crippen molar-refractivity contribution in [2.45, 2.75) is 0 Å². The van der Waals surface area contributed by atoms with Gasteiger partial charge in [-0.15, -0.1) is 11.3 Å². The number of nitrogen functional groups attached to an aromatic ring is 1. The van der Waals surface area contributed by atoms with Crippen molar-refractivity contribution in [2.24, 2.45) is 0 Å². The topological polar surface area (TPSA) is 54.7 Å². The first-order valence-corrected chi connectivity index (χ1v) is 7.24. The number of H-pyrrole nitrogens is 1. The van der Waals surface area contributed by atoms with Crippen molar-refractivity contribution in [1.82, 2.24) is 10.2 Å². The lowest BCUT2D eigenvalue weighted by Gasteiger charge is -2.06. The minimum atomic E-state index is -0.406. The molecule has 3 nitrogen and oxygen atoms in total. The molecule has 0 atom stereocenters. The van der Waals surface area contributed by atoms with Crippen molar-refractivity contribution in [3.8, 4) is 21.7 Å². The molecule has 0 aliphatic carbocycles. The first kappa shape index (κ1) is 13.4. The molecule has 3 aromatic rings. The Bertz CT molecular complexity index is 782. The first-order valence-electron chi connectivity index (χ1n) is 5.60. The Balaban J connectivity index is 2.24.